The molecule has 6 nitrogen and oxygen atoms in total. The van der Waals surface area contributed by atoms with Crippen molar-refractivity contribution >= 4 is 11.9 Å². The number of aryl methyl sites for hydroxylation is 1. The maximum Gasteiger partial charge on any atom is 0.416 e. The van der Waals surface area contributed by atoms with Crippen LogP contribution in [0.4, 0.5) is 13.2 Å². The number of amides is 1. The molecule has 0 radical (unpaired) electrons. The van der Waals surface area contributed by atoms with Gasteiger partial charge >= 0.3 is 12.1 Å². The molecule has 0 aromatic heterocycles. The second kappa shape index (κ2) is 12.0. The van der Waals surface area contributed by atoms with Crippen molar-refractivity contribution in [2.24, 2.45) is 0 Å². The van der Waals surface area contributed by atoms with E-state index < -0.39 is 17.7 Å². The van der Waals surface area contributed by atoms with Crippen molar-refractivity contribution in [1.29, 1.82) is 0 Å². The number of aromatic carboxylic acids is 1. The summed E-state index contributed by atoms with van der Waals surface area (Å²) in [4.78, 5) is 26.0. The standard InChI is InChI=1S/C29H30F3NO5/c1-18(2)38-24-12-19(3)27(28(35)36)25(15-24)37-17-22-7-5-6-21(13-22)16-33(4)26(34)14-20-8-10-23(11-9-20)29(30,31)32/h5-13,15,18H,14,16-17H2,1-4H3,(H,35,36). The highest BCUT2D eigenvalue weighted by Gasteiger charge is 2.30. The quantitative estimate of drug-likeness (QED) is 0.335. The zero-order valence-electron chi connectivity index (χ0n) is 21.6. The lowest BCUT2D eigenvalue weighted by atomic mass is 10.1. The molecule has 0 spiro atoms. The van der Waals surface area contributed by atoms with Crippen LogP contribution in [0, 0.1) is 6.92 Å². The van der Waals surface area contributed by atoms with Crippen molar-refractivity contribution in [1.82, 2.24) is 4.90 Å². The highest BCUT2D eigenvalue weighted by Crippen LogP contribution is 2.31. The van der Waals surface area contributed by atoms with Crippen molar-refractivity contribution in [3.05, 3.63) is 94.0 Å². The molecule has 0 unspecified atom stereocenters. The van der Waals surface area contributed by atoms with Gasteiger partial charge in [0.1, 0.15) is 23.7 Å². The van der Waals surface area contributed by atoms with Gasteiger partial charge in [0, 0.05) is 19.7 Å². The zero-order chi connectivity index (χ0) is 28.0. The van der Waals surface area contributed by atoms with Crippen LogP contribution in [0.5, 0.6) is 11.5 Å². The lowest BCUT2D eigenvalue weighted by Crippen LogP contribution is -2.27. The van der Waals surface area contributed by atoms with Crippen molar-refractivity contribution in [2.45, 2.75) is 52.6 Å². The molecule has 0 saturated heterocycles. The number of alkyl halides is 3. The van der Waals surface area contributed by atoms with Crippen LogP contribution in [-0.4, -0.2) is 35.0 Å². The number of halogens is 3. The van der Waals surface area contributed by atoms with Crippen molar-refractivity contribution in [3.63, 3.8) is 0 Å². The smallest absolute Gasteiger partial charge is 0.416 e. The second-order valence-corrected chi connectivity index (χ2v) is 9.31. The molecule has 0 saturated carbocycles. The minimum absolute atomic E-state index is 0.0243. The van der Waals surface area contributed by atoms with E-state index in [1.165, 1.54) is 17.0 Å². The van der Waals surface area contributed by atoms with E-state index in [1.807, 2.05) is 38.1 Å². The van der Waals surface area contributed by atoms with Gasteiger partial charge in [0.15, 0.2) is 0 Å². The van der Waals surface area contributed by atoms with Crippen LogP contribution >= 0.6 is 0 Å². The number of carboxylic acids is 1. The Bertz CT molecular complexity index is 1290. The highest BCUT2D eigenvalue weighted by atomic mass is 19.4. The van der Waals surface area contributed by atoms with Crippen LogP contribution in [0.25, 0.3) is 0 Å². The first-order valence-corrected chi connectivity index (χ1v) is 12.0. The average molecular weight is 530 g/mol. The first-order valence-electron chi connectivity index (χ1n) is 12.0. The van der Waals surface area contributed by atoms with Crippen LogP contribution < -0.4 is 9.47 Å². The van der Waals surface area contributed by atoms with Gasteiger partial charge in [0.05, 0.1) is 18.1 Å². The molecule has 38 heavy (non-hydrogen) atoms. The number of hydrogen-bond acceptors (Lipinski definition) is 4. The van der Waals surface area contributed by atoms with E-state index in [4.69, 9.17) is 9.47 Å². The van der Waals surface area contributed by atoms with Crippen LogP contribution in [-0.2, 0) is 30.5 Å². The number of carbonyl (C=O) groups excluding carboxylic acids is 1. The maximum absolute atomic E-state index is 12.8. The fourth-order valence-electron chi connectivity index (χ4n) is 3.91. The molecule has 0 aliphatic carbocycles. The summed E-state index contributed by atoms with van der Waals surface area (Å²) < 4.78 is 49.9. The van der Waals surface area contributed by atoms with Crippen LogP contribution in [0.1, 0.15) is 52.0 Å². The molecule has 9 heteroatoms. The van der Waals surface area contributed by atoms with Gasteiger partial charge in [-0.3, -0.25) is 4.79 Å². The molecule has 3 aromatic carbocycles. The Hall–Kier alpha value is -4.01. The summed E-state index contributed by atoms with van der Waals surface area (Å²) in [5.41, 5.74) is 1.91. The molecule has 0 aliphatic heterocycles. The van der Waals surface area contributed by atoms with Gasteiger partial charge in [-0.25, -0.2) is 4.79 Å². The highest BCUT2D eigenvalue weighted by molar-refractivity contribution is 5.93. The number of carbonyl (C=O) groups is 2. The van der Waals surface area contributed by atoms with E-state index >= 15 is 0 Å². The summed E-state index contributed by atoms with van der Waals surface area (Å²) >= 11 is 0. The van der Waals surface area contributed by atoms with Crippen LogP contribution in [0.3, 0.4) is 0 Å². The van der Waals surface area contributed by atoms with E-state index in [0.717, 1.165) is 23.3 Å². The molecule has 202 valence electrons. The molecule has 0 atom stereocenters. The Morgan fingerprint density at radius 3 is 2.24 bits per heavy atom. The van der Waals surface area contributed by atoms with E-state index in [9.17, 15) is 27.9 Å². The SMILES string of the molecule is Cc1cc(OC(C)C)cc(OCc2cccc(CN(C)C(=O)Cc3ccc(C(F)(F)F)cc3)c2)c1C(=O)O. The lowest BCUT2D eigenvalue weighted by molar-refractivity contribution is -0.137. The predicted octanol–water partition coefficient (Wildman–Crippen LogP) is 6.28. The van der Waals surface area contributed by atoms with E-state index in [2.05, 4.69) is 0 Å². The minimum Gasteiger partial charge on any atom is -0.491 e. The first-order chi connectivity index (χ1) is 17.8. The second-order valence-electron chi connectivity index (χ2n) is 9.31. The Kier molecular flexibility index (Phi) is 9.04. The summed E-state index contributed by atoms with van der Waals surface area (Å²) in [5.74, 6) is -0.632. The molecule has 1 amide bonds. The molecule has 0 aliphatic rings. The number of likely N-dealkylation sites (N-methyl/N-ethyl adjacent to an activating group) is 1. The monoisotopic (exact) mass is 529 g/mol. The molecule has 0 fully saturated rings. The minimum atomic E-state index is -4.42. The molecule has 1 N–H and O–H groups in total. The number of nitrogens with zero attached hydrogens (tertiary/aromatic N) is 1. The summed E-state index contributed by atoms with van der Waals surface area (Å²) in [7, 11) is 1.62. The molecular formula is C29H30F3NO5. The number of ether oxygens (including phenoxy) is 2. The summed E-state index contributed by atoms with van der Waals surface area (Å²) in [6, 6.07) is 15.1. The Balaban J connectivity index is 1.66. The number of rotatable bonds is 10. The van der Waals surface area contributed by atoms with Gasteiger partial charge in [-0.15, -0.1) is 0 Å². The molecule has 0 heterocycles. The van der Waals surface area contributed by atoms with Crippen LogP contribution in [0.2, 0.25) is 0 Å². The molecule has 3 aromatic rings. The third-order valence-corrected chi connectivity index (χ3v) is 5.73. The fourth-order valence-corrected chi connectivity index (χ4v) is 3.91. The molecule has 3 rings (SSSR count). The van der Waals surface area contributed by atoms with Gasteiger partial charge in [-0.2, -0.15) is 13.2 Å². The average Bonchev–Trinajstić information content (AvgIpc) is 2.81. The van der Waals surface area contributed by atoms with Gasteiger partial charge in [-0.1, -0.05) is 36.4 Å². The number of benzene rings is 3. The summed E-state index contributed by atoms with van der Waals surface area (Å²) in [6.45, 7) is 5.81. The van der Waals surface area contributed by atoms with Crippen molar-refractivity contribution in [2.75, 3.05) is 7.05 Å². The zero-order valence-corrected chi connectivity index (χ0v) is 21.6. The van der Waals surface area contributed by atoms with Crippen molar-refractivity contribution < 1.29 is 37.3 Å². The number of carboxylic acid groups (broad SMARTS) is 1. The Labute approximate surface area is 219 Å². The van der Waals surface area contributed by atoms with E-state index in [0.29, 0.717) is 16.9 Å². The maximum atomic E-state index is 12.8. The third-order valence-electron chi connectivity index (χ3n) is 5.73. The molecular weight excluding hydrogens is 499 g/mol. The van der Waals surface area contributed by atoms with Gasteiger partial charge in [-0.05, 0) is 61.2 Å². The lowest BCUT2D eigenvalue weighted by Gasteiger charge is -2.19. The topological polar surface area (TPSA) is 76.1 Å². The number of hydrogen-bond donors (Lipinski definition) is 1. The molecule has 0 bridgehead atoms. The first kappa shape index (κ1) is 28.6. The van der Waals surface area contributed by atoms with E-state index in [-0.39, 0.29) is 42.9 Å². The van der Waals surface area contributed by atoms with Crippen LogP contribution in [0.15, 0.2) is 60.7 Å². The normalized spacial score (nSPS) is 11.4. The Morgan fingerprint density at radius 2 is 1.63 bits per heavy atom. The van der Waals surface area contributed by atoms with Gasteiger partial charge in [0.25, 0.3) is 0 Å². The van der Waals surface area contributed by atoms with E-state index in [1.54, 1.807) is 26.1 Å². The summed E-state index contributed by atoms with van der Waals surface area (Å²) in [6.07, 6.45) is -4.54. The third kappa shape index (κ3) is 7.74. The van der Waals surface area contributed by atoms with Crippen molar-refractivity contribution in [3.8, 4) is 11.5 Å². The van der Waals surface area contributed by atoms with Gasteiger partial charge < -0.3 is 19.5 Å². The van der Waals surface area contributed by atoms with Gasteiger partial charge in [0.2, 0.25) is 5.91 Å². The summed E-state index contributed by atoms with van der Waals surface area (Å²) in [5, 5.41) is 9.66. The largest absolute Gasteiger partial charge is 0.491 e. The predicted molar refractivity (Wildman–Crippen MR) is 136 cm³/mol. The fraction of sp³-hybridized carbons (Fsp3) is 0.310. The Morgan fingerprint density at radius 1 is 0.974 bits per heavy atom.